The van der Waals surface area contributed by atoms with Crippen molar-refractivity contribution in [2.24, 2.45) is 0 Å². The summed E-state index contributed by atoms with van der Waals surface area (Å²) in [5.41, 5.74) is 1.98. The van der Waals surface area contributed by atoms with Gasteiger partial charge in [0.25, 0.3) is 5.91 Å². The number of hydroxylamine groups is 1. The van der Waals surface area contributed by atoms with Crippen LogP contribution in [0.4, 0.5) is 0 Å². The maximum absolute atomic E-state index is 12.5. The molecule has 3 rings (SSSR count). The van der Waals surface area contributed by atoms with Crippen LogP contribution in [0.25, 0.3) is 10.1 Å². The number of nitrogens with zero attached hydrogens (tertiary/aromatic N) is 1. The Hall–Kier alpha value is -2.05. The van der Waals surface area contributed by atoms with Crippen molar-refractivity contribution in [2.45, 2.75) is 18.2 Å². The van der Waals surface area contributed by atoms with Crippen molar-refractivity contribution in [1.29, 1.82) is 0 Å². The fourth-order valence-electron chi connectivity index (χ4n) is 2.97. The van der Waals surface area contributed by atoms with Crippen LogP contribution in [0.5, 0.6) is 0 Å². The molecule has 0 spiro atoms. The highest BCUT2D eigenvalue weighted by atomic mass is 32.2. The van der Waals surface area contributed by atoms with Gasteiger partial charge in [-0.05, 0) is 34.5 Å². The van der Waals surface area contributed by atoms with Gasteiger partial charge in [-0.25, -0.2) is 18.6 Å². The van der Waals surface area contributed by atoms with E-state index in [9.17, 15) is 18.0 Å². The zero-order valence-corrected chi connectivity index (χ0v) is 16.6. The lowest BCUT2D eigenvalue weighted by atomic mass is 10.2. The molecule has 1 aromatic carbocycles. The Morgan fingerprint density at radius 3 is 2.71 bits per heavy atom. The van der Waals surface area contributed by atoms with Crippen LogP contribution in [0.1, 0.15) is 12.0 Å². The maximum atomic E-state index is 12.5. The summed E-state index contributed by atoms with van der Waals surface area (Å²) in [7, 11) is -3.93. The number of fused-ring (bicyclic) bond motifs is 1. The molecule has 0 bridgehead atoms. The molecule has 3 N–H and O–H groups in total. The number of ether oxygens (including phenoxy) is 1. The van der Waals surface area contributed by atoms with Crippen molar-refractivity contribution in [1.82, 2.24) is 15.1 Å². The van der Waals surface area contributed by atoms with Crippen molar-refractivity contribution in [3.05, 3.63) is 35.2 Å². The molecule has 1 fully saturated rings. The molecule has 2 aromatic rings. The van der Waals surface area contributed by atoms with Crippen LogP contribution in [0.3, 0.4) is 0 Å². The molecule has 2 heterocycles. The molecule has 1 saturated heterocycles. The van der Waals surface area contributed by atoms with Crippen LogP contribution in [0, 0.1) is 0 Å². The Bertz CT molecular complexity index is 953. The molecule has 28 heavy (non-hydrogen) atoms. The molecular weight excluding hydrogens is 406 g/mol. The molecule has 0 aliphatic carbocycles. The summed E-state index contributed by atoms with van der Waals surface area (Å²) in [4.78, 5) is 25.8. The number of carbonyl (C=O) groups is 2. The van der Waals surface area contributed by atoms with Crippen LogP contribution in [-0.4, -0.2) is 62.7 Å². The number of rotatable bonds is 7. The lowest BCUT2D eigenvalue weighted by Gasteiger charge is -2.28. The van der Waals surface area contributed by atoms with Gasteiger partial charge in [0.2, 0.25) is 15.9 Å². The second-order valence-corrected chi connectivity index (χ2v) is 9.10. The summed E-state index contributed by atoms with van der Waals surface area (Å²) < 4.78 is 33.5. The molecule has 11 heteroatoms. The average Bonchev–Trinajstić information content (AvgIpc) is 3.14. The third kappa shape index (κ3) is 5.26. The van der Waals surface area contributed by atoms with Gasteiger partial charge >= 0.3 is 0 Å². The van der Waals surface area contributed by atoms with E-state index in [1.807, 2.05) is 17.5 Å². The molecule has 9 nitrogen and oxygen atoms in total. The molecule has 1 aromatic heterocycles. The average molecular weight is 428 g/mol. The van der Waals surface area contributed by atoms with E-state index in [1.54, 1.807) is 23.5 Å². The van der Waals surface area contributed by atoms with Gasteiger partial charge in [0.15, 0.2) is 0 Å². The Morgan fingerprint density at radius 2 is 2.00 bits per heavy atom. The predicted molar refractivity (Wildman–Crippen MR) is 103 cm³/mol. The highest BCUT2D eigenvalue weighted by molar-refractivity contribution is 7.88. The van der Waals surface area contributed by atoms with Crippen molar-refractivity contribution < 1.29 is 28.0 Å². The minimum absolute atomic E-state index is 0.347. The van der Waals surface area contributed by atoms with E-state index < -0.39 is 28.4 Å². The predicted octanol–water partition coefficient (Wildman–Crippen LogP) is 0.444. The standard InChI is InChI=1S/C17H21N3O6S2/c21-16(20-4-6-26-7-5-20)10-14(17(22)18-23)19-28(24,25)11-12-1-2-15-13(9-12)3-8-27-15/h1-3,8-9,14,19,23H,4-7,10-11H2,(H,18,22). The number of benzene rings is 1. The van der Waals surface area contributed by atoms with E-state index in [2.05, 4.69) is 4.72 Å². The molecule has 1 unspecified atom stereocenters. The number of hydrogen-bond acceptors (Lipinski definition) is 7. The van der Waals surface area contributed by atoms with E-state index in [-0.39, 0.29) is 11.7 Å². The quantitative estimate of drug-likeness (QED) is 0.435. The first kappa shape index (κ1) is 20.7. The number of amides is 2. The molecule has 0 saturated carbocycles. The first-order chi connectivity index (χ1) is 13.4. The number of sulfonamides is 1. The first-order valence-electron chi connectivity index (χ1n) is 8.63. The van der Waals surface area contributed by atoms with Gasteiger partial charge in [-0.3, -0.25) is 14.8 Å². The summed E-state index contributed by atoms with van der Waals surface area (Å²) in [5, 5.41) is 11.8. The van der Waals surface area contributed by atoms with E-state index in [0.29, 0.717) is 31.9 Å². The molecule has 2 amide bonds. The second-order valence-electron chi connectivity index (χ2n) is 6.40. The van der Waals surface area contributed by atoms with Gasteiger partial charge in [-0.15, -0.1) is 11.3 Å². The number of hydrogen-bond donors (Lipinski definition) is 3. The smallest absolute Gasteiger partial charge is 0.262 e. The molecule has 1 aliphatic rings. The van der Waals surface area contributed by atoms with Crippen LogP contribution >= 0.6 is 11.3 Å². The number of nitrogens with one attached hydrogen (secondary N) is 2. The van der Waals surface area contributed by atoms with Crippen molar-refractivity contribution in [3.63, 3.8) is 0 Å². The van der Waals surface area contributed by atoms with Crippen molar-refractivity contribution in [3.8, 4) is 0 Å². The van der Waals surface area contributed by atoms with E-state index in [1.165, 1.54) is 10.4 Å². The van der Waals surface area contributed by atoms with Crippen molar-refractivity contribution >= 4 is 43.3 Å². The highest BCUT2D eigenvalue weighted by Crippen LogP contribution is 2.22. The highest BCUT2D eigenvalue weighted by Gasteiger charge is 2.29. The third-order valence-corrected chi connectivity index (χ3v) is 6.62. The Morgan fingerprint density at radius 1 is 1.25 bits per heavy atom. The van der Waals surface area contributed by atoms with Gasteiger partial charge in [0.1, 0.15) is 6.04 Å². The molecule has 0 radical (unpaired) electrons. The maximum Gasteiger partial charge on any atom is 0.262 e. The lowest BCUT2D eigenvalue weighted by Crippen LogP contribution is -2.50. The number of morpholine rings is 1. The first-order valence-corrected chi connectivity index (χ1v) is 11.2. The normalized spacial score (nSPS) is 16.1. The topological polar surface area (TPSA) is 125 Å². The number of carbonyl (C=O) groups excluding carboxylic acids is 2. The van der Waals surface area contributed by atoms with E-state index in [4.69, 9.17) is 9.94 Å². The van der Waals surface area contributed by atoms with Crippen LogP contribution in [0.2, 0.25) is 0 Å². The third-order valence-electron chi connectivity index (χ3n) is 4.36. The Balaban J connectivity index is 1.69. The summed E-state index contributed by atoms with van der Waals surface area (Å²) >= 11 is 1.56. The van der Waals surface area contributed by atoms with Gasteiger partial charge < -0.3 is 9.64 Å². The minimum atomic E-state index is -3.93. The fraction of sp³-hybridized carbons (Fsp3) is 0.412. The summed E-state index contributed by atoms with van der Waals surface area (Å²) in [6, 6.07) is 5.80. The van der Waals surface area contributed by atoms with Crippen LogP contribution in [0.15, 0.2) is 29.6 Å². The zero-order chi connectivity index (χ0) is 20.1. The van der Waals surface area contributed by atoms with Gasteiger partial charge in [-0.1, -0.05) is 6.07 Å². The van der Waals surface area contributed by atoms with Crippen LogP contribution in [-0.2, 0) is 30.1 Å². The van der Waals surface area contributed by atoms with E-state index in [0.717, 1.165) is 10.1 Å². The Labute approximate surface area is 166 Å². The van der Waals surface area contributed by atoms with Gasteiger partial charge in [0.05, 0.1) is 25.4 Å². The summed E-state index contributed by atoms with van der Waals surface area (Å²) in [6.45, 7) is 1.53. The molecule has 152 valence electrons. The van der Waals surface area contributed by atoms with Gasteiger partial charge in [0, 0.05) is 17.8 Å². The fourth-order valence-corrected chi connectivity index (χ4v) is 5.06. The lowest BCUT2D eigenvalue weighted by molar-refractivity contribution is -0.140. The number of thiophene rings is 1. The molecule has 1 atom stereocenters. The molecular formula is C17H21N3O6S2. The Kier molecular flexibility index (Phi) is 6.62. The largest absolute Gasteiger partial charge is 0.378 e. The van der Waals surface area contributed by atoms with Crippen LogP contribution < -0.4 is 10.2 Å². The second kappa shape index (κ2) is 8.97. The zero-order valence-electron chi connectivity index (χ0n) is 15.0. The van der Waals surface area contributed by atoms with E-state index >= 15 is 0 Å². The van der Waals surface area contributed by atoms with Gasteiger partial charge in [-0.2, -0.15) is 0 Å². The molecule has 1 aliphatic heterocycles. The van der Waals surface area contributed by atoms with Crippen molar-refractivity contribution in [2.75, 3.05) is 26.3 Å². The summed E-state index contributed by atoms with van der Waals surface area (Å²) in [5.74, 6) is -1.72. The minimum Gasteiger partial charge on any atom is -0.378 e. The summed E-state index contributed by atoms with van der Waals surface area (Å²) in [6.07, 6.45) is -0.394. The SMILES string of the molecule is O=C(NO)C(CC(=O)N1CCOCC1)NS(=O)(=O)Cc1ccc2sccc2c1. The monoisotopic (exact) mass is 427 g/mol.